The van der Waals surface area contributed by atoms with E-state index in [-0.39, 0.29) is 17.9 Å². The van der Waals surface area contributed by atoms with Gasteiger partial charge in [-0.25, -0.2) is 0 Å². The number of aliphatic hydroxyl groups is 1. The molecule has 4 heteroatoms. The number of carbonyl (C=O) groups excluding carboxylic acids is 1. The molecule has 1 aromatic carbocycles. The van der Waals surface area contributed by atoms with Crippen molar-refractivity contribution >= 4 is 28.5 Å². The molecule has 0 aliphatic rings. The number of amides is 1. The number of hydrogen-bond donors (Lipinski definition) is 2. The number of carbonyl (C=O) groups is 1. The highest BCUT2D eigenvalue weighted by molar-refractivity contribution is 14.1. The molecular weight excluding hydrogens is 353 g/mol. The number of nitrogens with one attached hydrogen (secondary N) is 1. The van der Waals surface area contributed by atoms with E-state index >= 15 is 0 Å². The van der Waals surface area contributed by atoms with E-state index in [1.165, 1.54) is 0 Å². The number of halogens is 1. The van der Waals surface area contributed by atoms with Crippen molar-refractivity contribution in [3.05, 3.63) is 32.9 Å². The van der Waals surface area contributed by atoms with Gasteiger partial charge < -0.3 is 10.4 Å². The lowest BCUT2D eigenvalue weighted by atomic mass is 9.83. The lowest BCUT2D eigenvalue weighted by Gasteiger charge is -2.29. The fourth-order valence-electron chi connectivity index (χ4n) is 1.97. The van der Waals surface area contributed by atoms with Crippen LogP contribution in [0, 0.1) is 15.9 Å². The summed E-state index contributed by atoms with van der Waals surface area (Å²) in [6.45, 7) is 6.70. The third kappa shape index (κ3) is 3.92. The highest BCUT2D eigenvalue weighted by atomic mass is 127. The van der Waals surface area contributed by atoms with Crippen molar-refractivity contribution in [3.63, 3.8) is 0 Å². The molecule has 0 saturated carbocycles. The molecule has 0 saturated heterocycles. The summed E-state index contributed by atoms with van der Waals surface area (Å²) in [6.07, 6.45) is 1.70. The first-order chi connectivity index (χ1) is 8.99. The van der Waals surface area contributed by atoms with Gasteiger partial charge in [-0.1, -0.05) is 26.0 Å². The average Bonchev–Trinajstić information content (AvgIpc) is 2.44. The minimum absolute atomic E-state index is 0.0622. The lowest BCUT2D eigenvalue weighted by molar-refractivity contribution is 0.0850. The lowest BCUT2D eigenvalue weighted by Crippen LogP contribution is -2.39. The van der Waals surface area contributed by atoms with Crippen LogP contribution in [0.4, 0.5) is 0 Å². The van der Waals surface area contributed by atoms with Crippen LogP contribution in [0.2, 0.25) is 0 Å². The summed E-state index contributed by atoms with van der Waals surface area (Å²) in [5, 5.41) is 12.5. The van der Waals surface area contributed by atoms with Gasteiger partial charge in [-0.2, -0.15) is 0 Å². The Bertz CT molecular complexity index is 434. The Morgan fingerprint density at radius 1 is 1.37 bits per heavy atom. The highest BCUT2D eigenvalue weighted by Gasteiger charge is 2.26. The summed E-state index contributed by atoms with van der Waals surface area (Å²) in [7, 11) is 0. The molecule has 0 heterocycles. The smallest absolute Gasteiger partial charge is 0.252 e. The van der Waals surface area contributed by atoms with Crippen molar-refractivity contribution in [2.45, 2.75) is 33.6 Å². The maximum absolute atomic E-state index is 12.2. The van der Waals surface area contributed by atoms with Gasteiger partial charge in [0.1, 0.15) is 0 Å². The monoisotopic (exact) mass is 375 g/mol. The highest BCUT2D eigenvalue weighted by Crippen LogP contribution is 2.25. The molecule has 106 valence electrons. The predicted octanol–water partition coefficient (Wildman–Crippen LogP) is 3.13. The van der Waals surface area contributed by atoms with E-state index in [0.29, 0.717) is 12.1 Å². The molecule has 0 aromatic heterocycles. The molecule has 0 aliphatic carbocycles. The normalized spacial score (nSPS) is 11.4. The fourth-order valence-corrected chi connectivity index (χ4v) is 2.57. The Morgan fingerprint density at radius 2 is 2.00 bits per heavy atom. The Kier molecular flexibility index (Phi) is 6.26. The van der Waals surface area contributed by atoms with Crippen molar-refractivity contribution in [1.29, 1.82) is 0 Å². The van der Waals surface area contributed by atoms with Gasteiger partial charge in [0.25, 0.3) is 5.91 Å². The van der Waals surface area contributed by atoms with E-state index in [1.807, 2.05) is 39.0 Å². The largest absolute Gasteiger partial charge is 0.396 e. The molecule has 0 unspecified atom stereocenters. The van der Waals surface area contributed by atoms with Crippen LogP contribution < -0.4 is 5.32 Å². The quantitative estimate of drug-likeness (QED) is 0.751. The maximum Gasteiger partial charge on any atom is 0.252 e. The first kappa shape index (κ1) is 16.4. The molecule has 0 atom stereocenters. The molecule has 1 amide bonds. The standard InChI is InChI=1S/C15H22INO2/c1-4-15(5-2,10-18)9-17-14(19)12-8-6-7-11(3)13(12)16/h6-8,18H,4-5,9-10H2,1-3H3,(H,17,19). The molecule has 3 nitrogen and oxygen atoms in total. The van der Waals surface area contributed by atoms with E-state index in [9.17, 15) is 9.90 Å². The summed E-state index contributed by atoms with van der Waals surface area (Å²) in [5.74, 6) is -0.0622. The Hall–Kier alpha value is -0.620. The minimum Gasteiger partial charge on any atom is -0.396 e. The van der Waals surface area contributed by atoms with Crippen molar-refractivity contribution in [2.75, 3.05) is 13.2 Å². The van der Waals surface area contributed by atoms with E-state index < -0.39 is 0 Å². The second-order valence-corrected chi connectivity index (χ2v) is 6.06. The maximum atomic E-state index is 12.2. The van der Waals surface area contributed by atoms with Crippen LogP contribution in [0.3, 0.4) is 0 Å². The van der Waals surface area contributed by atoms with Gasteiger partial charge in [-0.05, 0) is 54.0 Å². The van der Waals surface area contributed by atoms with Gasteiger partial charge in [-0.3, -0.25) is 4.79 Å². The molecule has 19 heavy (non-hydrogen) atoms. The Morgan fingerprint density at radius 3 is 2.53 bits per heavy atom. The summed E-state index contributed by atoms with van der Waals surface area (Å²) in [4.78, 5) is 12.2. The van der Waals surface area contributed by atoms with Gasteiger partial charge in [0.15, 0.2) is 0 Å². The number of benzene rings is 1. The fraction of sp³-hybridized carbons (Fsp3) is 0.533. The molecule has 0 radical (unpaired) electrons. The van der Waals surface area contributed by atoms with Crippen LogP contribution >= 0.6 is 22.6 Å². The van der Waals surface area contributed by atoms with Gasteiger partial charge in [0.05, 0.1) is 12.2 Å². The van der Waals surface area contributed by atoms with Crippen LogP contribution in [0.1, 0.15) is 42.6 Å². The van der Waals surface area contributed by atoms with Crippen LogP contribution in [0.25, 0.3) is 0 Å². The second kappa shape index (κ2) is 7.24. The van der Waals surface area contributed by atoms with Gasteiger partial charge >= 0.3 is 0 Å². The molecule has 1 aromatic rings. The van der Waals surface area contributed by atoms with Crippen LogP contribution in [-0.2, 0) is 0 Å². The van der Waals surface area contributed by atoms with Gasteiger partial charge in [0, 0.05) is 15.5 Å². The van der Waals surface area contributed by atoms with E-state index in [0.717, 1.165) is 22.0 Å². The van der Waals surface area contributed by atoms with Crippen molar-refractivity contribution < 1.29 is 9.90 Å². The Labute approximate surface area is 128 Å². The van der Waals surface area contributed by atoms with Crippen molar-refractivity contribution in [3.8, 4) is 0 Å². The van der Waals surface area contributed by atoms with E-state index in [4.69, 9.17) is 0 Å². The van der Waals surface area contributed by atoms with E-state index in [2.05, 4.69) is 27.9 Å². The topological polar surface area (TPSA) is 49.3 Å². The number of aryl methyl sites for hydroxylation is 1. The van der Waals surface area contributed by atoms with Crippen LogP contribution in [0.5, 0.6) is 0 Å². The molecule has 0 fully saturated rings. The van der Waals surface area contributed by atoms with Crippen LogP contribution in [-0.4, -0.2) is 24.2 Å². The van der Waals surface area contributed by atoms with Crippen molar-refractivity contribution in [2.24, 2.45) is 5.41 Å². The SMILES string of the molecule is CCC(CC)(CO)CNC(=O)c1cccc(C)c1I. The first-order valence-corrected chi connectivity index (χ1v) is 7.71. The van der Waals surface area contributed by atoms with Gasteiger partial charge in [0.2, 0.25) is 0 Å². The molecule has 0 spiro atoms. The average molecular weight is 375 g/mol. The number of hydrogen-bond acceptors (Lipinski definition) is 2. The zero-order valence-electron chi connectivity index (χ0n) is 11.8. The molecule has 0 aliphatic heterocycles. The van der Waals surface area contributed by atoms with Crippen LogP contribution in [0.15, 0.2) is 18.2 Å². The van der Waals surface area contributed by atoms with Crippen molar-refractivity contribution in [1.82, 2.24) is 5.32 Å². The minimum atomic E-state index is -0.203. The number of rotatable bonds is 6. The first-order valence-electron chi connectivity index (χ1n) is 6.64. The molecule has 2 N–H and O–H groups in total. The summed E-state index contributed by atoms with van der Waals surface area (Å²) in [5.41, 5.74) is 1.61. The predicted molar refractivity (Wildman–Crippen MR) is 86.3 cm³/mol. The Balaban J connectivity index is 2.78. The van der Waals surface area contributed by atoms with E-state index in [1.54, 1.807) is 0 Å². The summed E-state index contributed by atoms with van der Waals surface area (Å²) >= 11 is 2.20. The number of aliphatic hydroxyl groups excluding tert-OH is 1. The third-order valence-corrected chi connectivity index (χ3v) is 5.33. The second-order valence-electron chi connectivity index (χ2n) is 4.98. The third-order valence-electron chi connectivity index (χ3n) is 3.90. The molecular formula is C15H22INO2. The summed E-state index contributed by atoms with van der Waals surface area (Å²) in [6, 6.07) is 5.72. The zero-order chi connectivity index (χ0) is 14.5. The van der Waals surface area contributed by atoms with Gasteiger partial charge in [-0.15, -0.1) is 0 Å². The summed E-state index contributed by atoms with van der Waals surface area (Å²) < 4.78 is 0.986. The zero-order valence-corrected chi connectivity index (χ0v) is 14.0. The molecule has 1 rings (SSSR count). The molecule has 0 bridgehead atoms.